The standard InChI is InChI=1S/C14H21NS/c1-2-14(11-5-3-4-6-11)12-8-10-16-13(12)7-9-15-14/h8,10-11,15H,2-7,9H2,1H3. The van der Waals surface area contributed by atoms with Crippen LogP contribution in [0.15, 0.2) is 11.4 Å². The summed E-state index contributed by atoms with van der Waals surface area (Å²) < 4.78 is 0. The Morgan fingerprint density at radius 1 is 1.44 bits per heavy atom. The van der Waals surface area contributed by atoms with Crippen LogP contribution in [0.1, 0.15) is 49.5 Å². The number of fused-ring (bicyclic) bond motifs is 1. The maximum Gasteiger partial charge on any atom is 0.0471 e. The Morgan fingerprint density at radius 2 is 2.25 bits per heavy atom. The number of nitrogens with one attached hydrogen (secondary N) is 1. The number of rotatable bonds is 2. The molecule has 1 fully saturated rings. The van der Waals surface area contributed by atoms with Crippen LogP contribution in [0.2, 0.25) is 0 Å². The lowest BCUT2D eigenvalue weighted by Crippen LogP contribution is -2.50. The van der Waals surface area contributed by atoms with Gasteiger partial charge in [0.1, 0.15) is 0 Å². The fourth-order valence-electron chi connectivity index (χ4n) is 3.81. The maximum atomic E-state index is 3.87. The molecule has 1 aliphatic carbocycles. The minimum atomic E-state index is 0.323. The van der Waals surface area contributed by atoms with Gasteiger partial charge in [-0.25, -0.2) is 0 Å². The molecule has 2 heterocycles. The van der Waals surface area contributed by atoms with E-state index < -0.39 is 0 Å². The van der Waals surface area contributed by atoms with Crippen LogP contribution in [0.4, 0.5) is 0 Å². The topological polar surface area (TPSA) is 12.0 Å². The fraction of sp³-hybridized carbons (Fsp3) is 0.714. The molecule has 1 aromatic rings. The summed E-state index contributed by atoms with van der Waals surface area (Å²) in [4.78, 5) is 1.65. The van der Waals surface area contributed by atoms with Gasteiger partial charge in [0.15, 0.2) is 0 Å². The first-order valence-corrected chi connectivity index (χ1v) is 7.56. The van der Waals surface area contributed by atoms with Crippen molar-refractivity contribution >= 4 is 11.3 Å². The second-order valence-corrected chi connectivity index (χ2v) is 6.24. The molecular weight excluding hydrogens is 214 g/mol. The quantitative estimate of drug-likeness (QED) is 0.824. The Labute approximate surface area is 102 Å². The fourth-order valence-corrected chi connectivity index (χ4v) is 4.78. The molecule has 88 valence electrons. The monoisotopic (exact) mass is 235 g/mol. The summed E-state index contributed by atoms with van der Waals surface area (Å²) in [6, 6.07) is 2.38. The first-order valence-electron chi connectivity index (χ1n) is 6.68. The van der Waals surface area contributed by atoms with Gasteiger partial charge in [-0.05, 0) is 48.6 Å². The Bertz CT molecular complexity index is 365. The van der Waals surface area contributed by atoms with Crippen LogP contribution in [-0.4, -0.2) is 6.54 Å². The Morgan fingerprint density at radius 3 is 3.00 bits per heavy atom. The molecule has 0 aromatic carbocycles. The third-order valence-electron chi connectivity index (χ3n) is 4.63. The third-order valence-corrected chi connectivity index (χ3v) is 5.61. The number of hydrogen-bond donors (Lipinski definition) is 1. The van der Waals surface area contributed by atoms with Gasteiger partial charge in [-0.3, -0.25) is 0 Å². The third kappa shape index (κ3) is 1.46. The van der Waals surface area contributed by atoms with Crippen LogP contribution in [0.25, 0.3) is 0 Å². The smallest absolute Gasteiger partial charge is 0.0471 e. The highest BCUT2D eigenvalue weighted by Crippen LogP contribution is 2.46. The normalized spacial score (nSPS) is 30.6. The van der Waals surface area contributed by atoms with E-state index in [-0.39, 0.29) is 0 Å². The van der Waals surface area contributed by atoms with Crippen LogP contribution >= 0.6 is 11.3 Å². The molecule has 2 heteroatoms. The number of thiophene rings is 1. The molecule has 2 aliphatic rings. The second-order valence-electron chi connectivity index (χ2n) is 5.24. The van der Waals surface area contributed by atoms with Gasteiger partial charge in [0, 0.05) is 17.0 Å². The van der Waals surface area contributed by atoms with Gasteiger partial charge in [0.05, 0.1) is 0 Å². The van der Waals surface area contributed by atoms with Gasteiger partial charge < -0.3 is 5.32 Å². The van der Waals surface area contributed by atoms with Crippen molar-refractivity contribution in [2.24, 2.45) is 5.92 Å². The Kier molecular flexibility index (Phi) is 2.80. The van der Waals surface area contributed by atoms with Gasteiger partial charge in [-0.1, -0.05) is 19.8 Å². The van der Waals surface area contributed by atoms with E-state index in [1.807, 2.05) is 11.3 Å². The lowest BCUT2D eigenvalue weighted by molar-refractivity contribution is 0.193. The van der Waals surface area contributed by atoms with E-state index >= 15 is 0 Å². The van der Waals surface area contributed by atoms with Crippen molar-refractivity contribution in [2.75, 3.05) is 6.54 Å². The second kappa shape index (κ2) is 4.15. The molecule has 1 N–H and O–H groups in total. The van der Waals surface area contributed by atoms with Crippen molar-refractivity contribution in [1.29, 1.82) is 0 Å². The van der Waals surface area contributed by atoms with Crippen molar-refractivity contribution in [3.63, 3.8) is 0 Å². The van der Waals surface area contributed by atoms with Crippen LogP contribution < -0.4 is 5.32 Å². The van der Waals surface area contributed by atoms with Crippen LogP contribution in [0, 0.1) is 5.92 Å². The lowest BCUT2D eigenvalue weighted by atomic mass is 9.73. The van der Waals surface area contributed by atoms with E-state index in [1.54, 1.807) is 10.4 Å². The predicted molar refractivity (Wildman–Crippen MR) is 70.0 cm³/mol. The molecule has 0 bridgehead atoms. The van der Waals surface area contributed by atoms with Crippen molar-refractivity contribution in [1.82, 2.24) is 5.32 Å². The van der Waals surface area contributed by atoms with E-state index in [2.05, 4.69) is 23.7 Å². The summed E-state index contributed by atoms with van der Waals surface area (Å²) in [6.45, 7) is 3.54. The van der Waals surface area contributed by atoms with E-state index in [0.29, 0.717) is 5.54 Å². The largest absolute Gasteiger partial charge is 0.307 e. The zero-order chi connectivity index (χ0) is 11.0. The SMILES string of the molecule is CCC1(C2CCCC2)NCCc2sccc21. The average molecular weight is 235 g/mol. The molecule has 1 atom stereocenters. The van der Waals surface area contributed by atoms with Gasteiger partial charge >= 0.3 is 0 Å². The van der Waals surface area contributed by atoms with Crippen LogP contribution in [0.3, 0.4) is 0 Å². The van der Waals surface area contributed by atoms with E-state index in [4.69, 9.17) is 0 Å². The molecule has 1 unspecified atom stereocenters. The first-order chi connectivity index (χ1) is 7.87. The van der Waals surface area contributed by atoms with Gasteiger partial charge in [-0.15, -0.1) is 11.3 Å². The van der Waals surface area contributed by atoms with Gasteiger partial charge in [-0.2, -0.15) is 0 Å². The average Bonchev–Trinajstić information content (AvgIpc) is 2.99. The lowest BCUT2D eigenvalue weighted by Gasteiger charge is -2.43. The summed E-state index contributed by atoms with van der Waals surface area (Å²) in [5, 5.41) is 6.16. The molecule has 0 radical (unpaired) electrons. The summed E-state index contributed by atoms with van der Waals surface area (Å²) in [7, 11) is 0. The molecule has 0 amide bonds. The molecular formula is C14H21NS. The van der Waals surface area contributed by atoms with Gasteiger partial charge in [0.2, 0.25) is 0 Å². The molecule has 16 heavy (non-hydrogen) atoms. The van der Waals surface area contributed by atoms with Crippen molar-refractivity contribution in [2.45, 2.75) is 51.0 Å². The molecule has 1 aliphatic heterocycles. The molecule has 1 saturated carbocycles. The van der Waals surface area contributed by atoms with E-state index in [9.17, 15) is 0 Å². The minimum absolute atomic E-state index is 0.323. The summed E-state index contributed by atoms with van der Waals surface area (Å²) >= 11 is 1.96. The van der Waals surface area contributed by atoms with Crippen LogP contribution in [0.5, 0.6) is 0 Å². The Balaban J connectivity index is 2.02. The van der Waals surface area contributed by atoms with Crippen molar-refractivity contribution in [3.05, 3.63) is 21.9 Å². The zero-order valence-electron chi connectivity index (χ0n) is 10.1. The van der Waals surface area contributed by atoms with Crippen molar-refractivity contribution in [3.8, 4) is 0 Å². The van der Waals surface area contributed by atoms with E-state index in [1.165, 1.54) is 45.1 Å². The van der Waals surface area contributed by atoms with Gasteiger partial charge in [0.25, 0.3) is 0 Å². The minimum Gasteiger partial charge on any atom is -0.307 e. The highest BCUT2D eigenvalue weighted by atomic mass is 32.1. The number of hydrogen-bond acceptors (Lipinski definition) is 2. The highest BCUT2D eigenvalue weighted by molar-refractivity contribution is 7.10. The summed E-state index contributed by atoms with van der Waals surface area (Å²) in [6.07, 6.45) is 8.22. The van der Waals surface area contributed by atoms with Crippen molar-refractivity contribution < 1.29 is 0 Å². The molecule has 1 aromatic heterocycles. The van der Waals surface area contributed by atoms with Crippen LogP contribution in [-0.2, 0) is 12.0 Å². The maximum absolute atomic E-state index is 3.87. The Hall–Kier alpha value is -0.340. The highest BCUT2D eigenvalue weighted by Gasteiger charge is 2.42. The summed E-state index contributed by atoms with van der Waals surface area (Å²) in [5.41, 5.74) is 1.96. The zero-order valence-corrected chi connectivity index (χ0v) is 10.9. The molecule has 1 nitrogen and oxygen atoms in total. The predicted octanol–water partition coefficient (Wildman–Crippen LogP) is 3.69. The molecule has 3 rings (SSSR count). The first kappa shape index (κ1) is 10.8. The van der Waals surface area contributed by atoms with E-state index in [0.717, 1.165) is 5.92 Å². The molecule has 0 spiro atoms. The summed E-state index contributed by atoms with van der Waals surface area (Å²) in [5.74, 6) is 0.881. The molecule has 0 saturated heterocycles.